The third-order valence-corrected chi connectivity index (χ3v) is 1.54. The summed E-state index contributed by atoms with van der Waals surface area (Å²) in [5.74, 6) is -0.377. The van der Waals surface area contributed by atoms with Crippen molar-refractivity contribution in [3.63, 3.8) is 0 Å². The maximum Gasteiger partial charge on any atom is 0.326 e. The van der Waals surface area contributed by atoms with Crippen LogP contribution in [-0.4, -0.2) is 48.8 Å². The van der Waals surface area contributed by atoms with Crippen LogP contribution in [0.5, 0.6) is 0 Å². The van der Waals surface area contributed by atoms with Crippen molar-refractivity contribution in [3.05, 3.63) is 0 Å². The first kappa shape index (κ1) is 11.4. The molecular weight excluding hydrogens is 158 g/mol. The second-order valence-corrected chi connectivity index (χ2v) is 2.90. The lowest BCUT2D eigenvalue weighted by Gasteiger charge is -2.24. The number of likely N-dealkylation sites (N-methyl/N-ethyl adjacent to an activating group) is 1. The molecule has 0 saturated carbocycles. The van der Waals surface area contributed by atoms with E-state index in [4.69, 9.17) is 4.74 Å². The molecule has 0 amide bonds. The van der Waals surface area contributed by atoms with Crippen molar-refractivity contribution in [1.29, 1.82) is 0 Å². The molecule has 12 heavy (non-hydrogen) atoms. The monoisotopic (exact) mass is 175 g/mol. The minimum atomic E-state index is -0.709. The number of ether oxygens (including phenoxy) is 1. The van der Waals surface area contributed by atoms with Gasteiger partial charge in [0.25, 0.3) is 0 Å². The van der Waals surface area contributed by atoms with Crippen molar-refractivity contribution in [2.75, 3.05) is 20.7 Å². The summed E-state index contributed by atoms with van der Waals surface area (Å²) in [4.78, 5) is 12.8. The summed E-state index contributed by atoms with van der Waals surface area (Å²) >= 11 is 0. The molecular formula is C8H17NO3. The van der Waals surface area contributed by atoms with Gasteiger partial charge in [-0.15, -0.1) is 0 Å². The van der Waals surface area contributed by atoms with E-state index >= 15 is 0 Å². The average molecular weight is 175 g/mol. The second kappa shape index (κ2) is 5.11. The summed E-state index contributed by atoms with van der Waals surface area (Å²) in [5, 5.41) is 9.24. The Labute approximate surface area is 73.1 Å². The fourth-order valence-electron chi connectivity index (χ4n) is 1.07. The third kappa shape index (κ3) is 3.19. The molecule has 4 nitrogen and oxygen atoms in total. The minimum Gasteiger partial charge on any atom is -0.465 e. The zero-order valence-electron chi connectivity index (χ0n) is 8.07. The lowest BCUT2D eigenvalue weighted by molar-refractivity contribution is -0.152. The normalized spacial score (nSPS) is 15.8. The lowest BCUT2D eigenvalue weighted by atomic mass is 10.2. The fraction of sp³-hybridized carbons (Fsp3) is 0.875. The van der Waals surface area contributed by atoms with Gasteiger partial charge in [0, 0.05) is 0 Å². The van der Waals surface area contributed by atoms with Gasteiger partial charge < -0.3 is 9.84 Å². The molecule has 2 unspecified atom stereocenters. The van der Waals surface area contributed by atoms with Crippen molar-refractivity contribution in [3.8, 4) is 0 Å². The molecule has 0 aromatic rings. The van der Waals surface area contributed by atoms with Crippen LogP contribution in [0.15, 0.2) is 0 Å². The van der Waals surface area contributed by atoms with Crippen molar-refractivity contribution >= 4 is 5.97 Å². The van der Waals surface area contributed by atoms with E-state index in [9.17, 15) is 9.90 Å². The molecule has 0 aromatic heterocycles. The van der Waals surface area contributed by atoms with E-state index in [0.717, 1.165) is 0 Å². The van der Waals surface area contributed by atoms with Crippen LogP contribution in [0, 0.1) is 0 Å². The zero-order chi connectivity index (χ0) is 9.72. The first-order chi connectivity index (χ1) is 5.50. The van der Waals surface area contributed by atoms with Crippen LogP contribution in [0.3, 0.4) is 0 Å². The number of carbonyl (C=O) groups excluding carboxylic acids is 1. The first-order valence-corrected chi connectivity index (χ1v) is 4.01. The van der Waals surface area contributed by atoms with Crippen LogP contribution >= 0.6 is 0 Å². The Kier molecular flexibility index (Phi) is 4.85. The SMILES string of the molecule is CCOC(=O)C(C(C)O)N(C)C. The number of aliphatic hydroxyl groups is 1. The van der Waals surface area contributed by atoms with Crippen molar-refractivity contribution < 1.29 is 14.6 Å². The van der Waals surface area contributed by atoms with Gasteiger partial charge in [-0.3, -0.25) is 9.69 Å². The summed E-state index contributed by atoms with van der Waals surface area (Å²) < 4.78 is 4.79. The Balaban J connectivity index is 4.20. The summed E-state index contributed by atoms with van der Waals surface area (Å²) in [6.07, 6.45) is -0.709. The van der Waals surface area contributed by atoms with Crippen LogP contribution in [0.4, 0.5) is 0 Å². The van der Waals surface area contributed by atoms with Gasteiger partial charge in [-0.1, -0.05) is 0 Å². The number of esters is 1. The van der Waals surface area contributed by atoms with Crippen LogP contribution in [0.1, 0.15) is 13.8 Å². The molecule has 72 valence electrons. The number of hydrogen-bond donors (Lipinski definition) is 1. The van der Waals surface area contributed by atoms with Gasteiger partial charge in [0.2, 0.25) is 0 Å². The number of rotatable bonds is 4. The largest absolute Gasteiger partial charge is 0.465 e. The van der Waals surface area contributed by atoms with Gasteiger partial charge in [0.15, 0.2) is 0 Å². The highest BCUT2D eigenvalue weighted by atomic mass is 16.5. The summed E-state index contributed by atoms with van der Waals surface area (Å²) in [6.45, 7) is 3.66. The molecule has 0 aliphatic carbocycles. The van der Waals surface area contributed by atoms with Crippen molar-refractivity contribution in [1.82, 2.24) is 4.90 Å². The van der Waals surface area contributed by atoms with Gasteiger partial charge in [-0.2, -0.15) is 0 Å². The highest BCUT2D eigenvalue weighted by molar-refractivity contribution is 5.76. The number of nitrogens with zero attached hydrogens (tertiary/aromatic N) is 1. The molecule has 0 aliphatic heterocycles. The van der Waals surface area contributed by atoms with Gasteiger partial charge in [-0.05, 0) is 27.9 Å². The molecule has 0 spiro atoms. The molecule has 1 N–H and O–H groups in total. The van der Waals surface area contributed by atoms with E-state index in [1.807, 2.05) is 0 Å². The number of hydrogen-bond acceptors (Lipinski definition) is 4. The Morgan fingerprint density at radius 3 is 2.33 bits per heavy atom. The van der Waals surface area contributed by atoms with E-state index in [1.165, 1.54) is 0 Å². The summed E-state index contributed by atoms with van der Waals surface area (Å²) in [6, 6.07) is -0.565. The molecule has 0 aliphatic rings. The molecule has 0 bridgehead atoms. The second-order valence-electron chi connectivity index (χ2n) is 2.90. The quantitative estimate of drug-likeness (QED) is 0.604. The average Bonchev–Trinajstić information content (AvgIpc) is 1.85. The van der Waals surface area contributed by atoms with Crippen molar-refractivity contribution in [2.24, 2.45) is 0 Å². The van der Waals surface area contributed by atoms with Crippen LogP contribution in [0.2, 0.25) is 0 Å². The van der Waals surface area contributed by atoms with E-state index < -0.39 is 12.1 Å². The topological polar surface area (TPSA) is 49.8 Å². The highest BCUT2D eigenvalue weighted by Gasteiger charge is 2.26. The van der Waals surface area contributed by atoms with Crippen LogP contribution in [0.25, 0.3) is 0 Å². The third-order valence-electron chi connectivity index (χ3n) is 1.54. The molecule has 0 radical (unpaired) electrons. The molecule has 0 fully saturated rings. The Hall–Kier alpha value is -0.610. The predicted octanol–water partition coefficient (Wildman–Crippen LogP) is -0.140. The van der Waals surface area contributed by atoms with E-state index in [-0.39, 0.29) is 5.97 Å². The van der Waals surface area contributed by atoms with Gasteiger partial charge in [-0.25, -0.2) is 0 Å². The predicted molar refractivity (Wildman–Crippen MR) is 45.8 cm³/mol. The summed E-state index contributed by atoms with van der Waals surface area (Å²) in [5.41, 5.74) is 0. The van der Waals surface area contributed by atoms with Crippen molar-refractivity contribution in [2.45, 2.75) is 26.0 Å². The smallest absolute Gasteiger partial charge is 0.326 e. The maximum atomic E-state index is 11.2. The van der Waals surface area contributed by atoms with Crippen LogP contribution in [-0.2, 0) is 9.53 Å². The van der Waals surface area contributed by atoms with Gasteiger partial charge in [0.05, 0.1) is 12.7 Å². The number of aliphatic hydroxyl groups excluding tert-OH is 1. The van der Waals surface area contributed by atoms with Crippen LogP contribution < -0.4 is 0 Å². The van der Waals surface area contributed by atoms with E-state index in [2.05, 4.69) is 0 Å². The van der Waals surface area contributed by atoms with E-state index in [1.54, 1.807) is 32.8 Å². The lowest BCUT2D eigenvalue weighted by Crippen LogP contribution is -2.44. The molecule has 4 heteroatoms. The summed E-state index contributed by atoms with van der Waals surface area (Å²) in [7, 11) is 3.46. The molecule has 0 aromatic carbocycles. The van der Waals surface area contributed by atoms with E-state index in [0.29, 0.717) is 6.61 Å². The fourth-order valence-corrected chi connectivity index (χ4v) is 1.07. The van der Waals surface area contributed by atoms with Gasteiger partial charge >= 0.3 is 5.97 Å². The molecule has 0 heterocycles. The Morgan fingerprint density at radius 2 is 2.08 bits per heavy atom. The molecule has 0 rings (SSSR count). The maximum absolute atomic E-state index is 11.2. The first-order valence-electron chi connectivity index (χ1n) is 4.01. The zero-order valence-corrected chi connectivity index (χ0v) is 8.07. The molecule has 0 saturated heterocycles. The molecule has 2 atom stereocenters. The Morgan fingerprint density at radius 1 is 1.58 bits per heavy atom. The highest BCUT2D eigenvalue weighted by Crippen LogP contribution is 2.02. The standard InChI is InChI=1S/C8H17NO3/c1-5-12-8(11)7(6(2)10)9(3)4/h6-7,10H,5H2,1-4H3. The minimum absolute atomic E-state index is 0.343. The van der Waals surface area contributed by atoms with Gasteiger partial charge in [0.1, 0.15) is 6.04 Å². The Bertz CT molecular complexity index is 137. The number of carbonyl (C=O) groups is 1.